The number of nitrogens with zero attached hydrogens (tertiary/aromatic N) is 1. The van der Waals surface area contributed by atoms with Gasteiger partial charge >= 0.3 is 0 Å². The maximum absolute atomic E-state index is 6.02. The van der Waals surface area contributed by atoms with Gasteiger partial charge in [0.05, 0.1) is 7.11 Å². The van der Waals surface area contributed by atoms with Gasteiger partial charge in [0, 0.05) is 18.8 Å². The molecule has 1 aliphatic rings. The van der Waals surface area contributed by atoms with Gasteiger partial charge in [-0.25, -0.2) is 0 Å². The first kappa shape index (κ1) is 13.2. The monoisotopic (exact) mass is 248 g/mol. The van der Waals surface area contributed by atoms with E-state index >= 15 is 0 Å². The van der Waals surface area contributed by atoms with Crippen molar-refractivity contribution < 1.29 is 4.74 Å². The minimum absolute atomic E-state index is 0.856. The summed E-state index contributed by atoms with van der Waals surface area (Å²) < 4.78 is 5.25. The molecule has 3 heteroatoms. The van der Waals surface area contributed by atoms with Gasteiger partial charge in [-0.05, 0) is 49.6 Å². The lowest BCUT2D eigenvalue weighted by Gasteiger charge is -2.21. The highest BCUT2D eigenvalue weighted by molar-refractivity contribution is 5.50. The lowest BCUT2D eigenvalue weighted by atomic mass is 10.1. The highest BCUT2D eigenvalue weighted by Gasteiger charge is 2.17. The zero-order chi connectivity index (χ0) is 13.0. The smallest absolute Gasteiger partial charge is 0.119 e. The van der Waals surface area contributed by atoms with Gasteiger partial charge in [-0.15, -0.1) is 0 Å². The largest absolute Gasteiger partial charge is 0.497 e. The first-order valence-electron chi connectivity index (χ1n) is 6.80. The molecule has 0 aromatic heterocycles. The van der Waals surface area contributed by atoms with Crippen molar-refractivity contribution in [3.8, 4) is 5.75 Å². The fourth-order valence-corrected chi connectivity index (χ4v) is 2.84. The molecule has 0 heterocycles. The maximum atomic E-state index is 6.02. The molecule has 0 bridgehead atoms. The average Bonchev–Trinajstić information content (AvgIpc) is 2.84. The molecule has 0 radical (unpaired) electrons. The van der Waals surface area contributed by atoms with E-state index in [-0.39, 0.29) is 0 Å². The van der Waals surface area contributed by atoms with Crippen LogP contribution in [-0.4, -0.2) is 25.6 Å². The summed E-state index contributed by atoms with van der Waals surface area (Å²) in [5, 5.41) is 0. The number of hydrogen-bond acceptors (Lipinski definition) is 3. The summed E-state index contributed by atoms with van der Waals surface area (Å²) in [6.45, 7) is 2.08. The van der Waals surface area contributed by atoms with Crippen LogP contribution in [0, 0.1) is 5.92 Å². The average molecular weight is 248 g/mol. The second-order valence-electron chi connectivity index (χ2n) is 5.41. The van der Waals surface area contributed by atoms with Gasteiger partial charge < -0.3 is 15.4 Å². The van der Waals surface area contributed by atoms with Gasteiger partial charge in [-0.1, -0.05) is 12.8 Å². The highest BCUT2D eigenvalue weighted by atomic mass is 16.5. The molecule has 1 aromatic rings. The van der Waals surface area contributed by atoms with Gasteiger partial charge in [0.15, 0.2) is 0 Å². The van der Waals surface area contributed by atoms with Crippen LogP contribution in [0.1, 0.15) is 31.2 Å². The molecular formula is C15H24N2O. The fraction of sp³-hybridized carbons (Fsp3) is 0.600. The molecule has 0 unspecified atom stereocenters. The molecule has 3 nitrogen and oxygen atoms in total. The second-order valence-corrected chi connectivity index (χ2v) is 5.41. The number of nitrogen functional groups attached to an aromatic ring is 1. The van der Waals surface area contributed by atoms with Crippen molar-refractivity contribution in [2.75, 3.05) is 26.4 Å². The Bertz CT molecular complexity index is 386. The Morgan fingerprint density at radius 2 is 2.06 bits per heavy atom. The summed E-state index contributed by atoms with van der Waals surface area (Å²) in [6, 6.07) is 5.88. The van der Waals surface area contributed by atoms with Crippen molar-refractivity contribution >= 4 is 5.69 Å². The molecule has 1 aliphatic carbocycles. The zero-order valence-corrected chi connectivity index (χ0v) is 11.5. The summed E-state index contributed by atoms with van der Waals surface area (Å²) in [5.74, 6) is 1.76. The summed E-state index contributed by atoms with van der Waals surface area (Å²) in [7, 11) is 3.87. The van der Waals surface area contributed by atoms with E-state index in [1.807, 2.05) is 18.2 Å². The lowest BCUT2D eigenvalue weighted by Crippen LogP contribution is -2.24. The van der Waals surface area contributed by atoms with Crippen molar-refractivity contribution in [1.82, 2.24) is 4.90 Å². The molecule has 1 saturated carbocycles. The number of ether oxygens (including phenoxy) is 1. The van der Waals surface area contributed by atoms with Crippen molar-refractivity contribution in [3.05, 3.63) is 23.8 Å². The molecule has 0 atom stereocenters. The number of benzene rings is 1. The van der Waals surface area contributed by atoms with Crippen LogP contribution in [0.3, 0.4) is 0 Å². The lowest BCUT2D eigenvalue weighted by molar-refractivity contribution is 0.271. The first-order valence-corrected chi connectivity index (χ1v) is 6.80. The Hall–Kier alpha value is -1.22. The predicted molar refractivity (Wildman–Crippen MR) is 75.7 cm³/mol. The Kier molecular flexibility index (Phi) is 4.48. The van der Waals surface area contributed by atoms with Crippen LogP contribution in [0.4, 0.5) is 5.69 Å². The molecule has 0 spiro atoms. The molecule has 2 rings (SSSR count). The molecule has 0 saturated heterocycles. The summed E-state index contributed by atoms with van der Waals surface area (Å²) in [4.78, 5) is 2.38. The van der Waals surface area contributed by atoms with Crippen LogP contribution in [0.5, 0.6) is 5.75 Å². The van der Waals surface area contributed by atoms with Crippen LogP contribution in [0.25, 0.3) is 0 Å². The van der Waals surface area contributed by atoms with E-state index in [4.69, 9.17) is 10.5 Å². The van der Waals surface area contributed by atoms with Crippen LogP contribution < -0.4 is 10.5 Å². The van der Waals surface area contributed by atoms with E-state index in [0.717, 1.165) is 29.5 Å². The quantitative estimate of drug-likeness (QED) is 0.814. The highest BCUT2D eigenvalue weighted by Crippen LogP contribution is 2.26. The van der Waals surface area contributed by atoms with E-state index in [9.17, 15) is 0 Å². The first-order chi connectivity index (χ1) is 8.69. The van der Waals surface area contributed by atoms with E-state index in [2.05, 4.69) is 11.9 Å². The van der Waals surface area contributed by atoms with Crippen molar-refractivity contribution in [2.24, 2.45) is 5.92 Å². The maximum Gasteiger partial charge on any atom is 0.119 e. The van der Waals surface area contributed by atoms with Crippen LogP contribution >= 0.6 is 0 Å². The summed E-state index contributed by atoms with van der Waals surface area (Å²) in [5.41, 5.74) is 8.04. The van der Waals surface area contributed by atoms with Gasteiger partial charge in [-0.2, -0.15) is 0 Å². The third kappa shape index (κ3) is 3.39. The number of hydrogen-bond donors (Lipinski definition) is 1. The number of methoxy groups -OCH3 is 1. The molecular weight excluding hydrogens is 224 g/mol. The van der Waals surface area contributed by atoms with E-state index in [1.165, 1.54) is 32.2 Å². The molecule has 0 aliphatic heterocycles. The van der Waals surface area contributed by atoms with Gasteiger partial charge in [0.2, 0.25) is 0 Å². The third-order valence-corrected chi connectivity index (χ3v) is 3.84. The minimum Gasteiger partial charge on any atom is -0.497 e. The van der Waals surface area contributed by atoms with E-state index < -0.39 is 0 Å². The number of rotatable bonds is 5. The molecule has 18 heavy (non-hydrogen) atoms. The van der Waals surface area contributed by atoms with Crippen molar-refractivity contribution in [2.45, 2.75) is 32.2 Å². The third-order valence-electron chi connectivity index (χ3n) is 3.84. The van der Waals surface area contributed by atoms with Gasteiger partial charge in [0.1, 0.15) is 5.75 Å². The van der Waals surface area contributed by atoms with E-state index in [0.29, 0.717) is 0 Å². The number of nitrogens with two attached hydrogens (primary N) is 1. The molecule has 100 valence electrons. The Labute approximate surface area is 110 Å². The zero-order valence-electron chi connectivity index (χ0n) is 11.5. The second kappa shape index (κ2) is 6.10. The van der Waals surface area contributed by atoms with E-state index in [1.54, 1.807) is 7.11 Å². The number of anilines is 1. The fourth-order valence-electron chi connectivity index (χ4n) is 2.84. The van der Waals surface area contributed by atoms with Gasteiger partial charge in [0.25, 0.3) is 0 Å². The summed E-state index contributed by atoms with van der Waals surface area (Å²) in [6.07, 6.45) is 5.58. The van der Waals surface area contributed by atoms with Crippen LogP contribution in [0.15, 0.2) is 18.2 Å². The van der Waals surface area contributed by atoms with Gasteiger partial charge in [-0.3, -0.25) is 0 Å². The standard InChI is InChI=1S/C15H24N2O/c1-17(10-12-5-3-4-6-12)11-13-9-14(18-2)7-8-15(13)16/h7-9,12H,3-6,10-11,16H2,1-2H3. The van der Waals surface area contributed by atoms with Crippen molar-refractivity contribution in [3.63, 3.8) is 0 Å². The van der Waals surface area contributed by atoms with Crippen molar-refractivity contribution in [1.29, 1.82) is 0 Å². The van der Waals surface area contributed by atoms with Crippen LogP contribution in [0.2, 0.25) is 0 Å². The Balaban J connectivity index is 1.94. The normalized spacial score (nSPS) is 16.4. The SMILES string of the molecule is COc1ccc(N)c(CN(C)CC2CCCC2)c1. The Morgan fingerprint density at radius 1 is 1.33 bits per heavy atom. The molecule has 1 aromatic carbocycles. The molecule has 2 N–H and O–H groups in total. The Morgan fingerprint density at radius 3 is 2.72 bits per heavy atom. The minimum atomic E-state index is 0.856. The molecule has 0 amide bonds. The van der Waals surface area contributed by atoms with Crippen LogP contribution in [-0.2, 0) is 6.54 Å². The topological polar surface area (TPSA) is 38.5 Å². The molecule has 1 fully saturated rings. The predicted octanol–water partition coefficient (Wildman–Crippen LogP) is 2.90. The summed E-state index contributed by atoms with van der Waals surface area (Å²) >= 11 is 0.